The Balaban J connectivity index is 1.83. The lowest BCUT2D eigenvalue weighted by molar-refractivity contribution is 0.307. The number of nitrogens with one attached hydrogen (secondary N) is 1. The van der Waals surface area contributed by atoms with Crippen LogP contribution in [-0.2, 0) is 10.0 Å². The van der Waals surface area contributed by atoms with Crippen molar-refractivity contribution in [3.05, 3.63) is 54.1 Å². The number of sulfonamides is 1. The average Bonchev–Trinajstić information content (AvgIpc) is 2.65. The second-order valence-corrected chi connectivity index (χ2v) is 8.21. The van der Waals surface area contributed by atoms with Crippen molar-refractivity contribution in [2.75, 3.05) is 34.4 Å². The number of hydrogen-bond donors (Lipinski definition) is 1. The van der Waals surface area contributed by atoms with Crippen molar-refractivity contribution < 1.29 is 17.9 Å². The van der Waals surface area contributed by atoms with E-state index >= 15 is 0 Å². The van der Waals surface area contributed by atoms with Gasteiger partial charge in [-0.15, -0.1) is 0 Å². The van der Waals surface area contributed by atoms with Crippen LogP contribution in [0.1, 0.15) is 18.5 Å². The Morgan fingerprint density at radius 1 is 1.00 bits per heavy atom. The highest BCUT2D eigenvalue weighted by Crippen LogP contribution is 2.19. The Morgan fingerprint density at radius 2 is 1.58 bits per heavy atom. The van der Waals surface area contributed by atoms with Gasteiger partial charge in [0.2, 0.25) is 10.0 Å². The summed E-state index contributed by atoms with van der Waals surface area (Å²) in [6, 6.07) is 14.5. The Hall–Kier alpha value is -2.09. The van der Waals surface area contributed by atoms with Gasteiger partial charge in [-0.25, -0.2) is 12.7 Å². The first kappa shape index (κ1) is 20.2. The van der Waals surface area contributed by atoms with Crippen LogP contribution >= 0.6 is 0 Å². The molecule has 2 rings (SSSR count). The SMILES string of the molecule is COc1ccc(OCCNC(C)c2ccc(S(=O)(=O)N(C)C)cc2)cc1. The summed E-state index contributed by atoms with van der Waals surface area (Å²) in [6.45, 7) is 3.23. The van der Waals surface area contributed by atoms with Gasteiger partial charge in [0.05, 0.1) is 12.0 Å². The molecule has 142 valence electrons. The fraction of sp³-hybridized carbons (Fsp3) is 0.368. The molecule has 0 aliphatic heterocycles. The van der Waals surface area contributed by atoms with Crippen molar-refractivity contribution in [3.63, 3.8) is 0 Å². The maximum atomic E-state index is 12.1. The van der Waals surface area contributed by atoms with Gasteiger partial charge in [-0.3, -0.25) is 0 Å². The van der Waals surface area contributed by atoms with Gasteiger partial charge in [0, 0.05) is 26.7 Å². The molecule has 0 aliphatic carbocycles. The van der Waals surface area contributed by atoms with E-state index in [1.807, 2.05) is 43.3 Å². The van der Waals surface area contributed by atoms with Crippen LogP contribution in [0.25, 0.3) is 0 Å². The van der Waals surface area contributed by atoms with Crippen molar-refractivity contribution in [2.45, 2.75) is 17.9 Å². The number of rotatable bonds is 9. The second kappa shape index (κ2) is 9.02. The molecule has 0 amide bonds. The molecule has 2 aromatic rings. The monoisotopic (exact) mass is 378 g/mol. The Kier molecular flexibility index (Phi) is 7.02. The highest BCUT2D eigenvalue weighted by molar-refractivity contribution is 7.89. The van der Waals surface area contributed by atoms with Crippen molar-refractivity contribution in [3.8, 4) is 11.5 Å². The van der Waals surface area contributed by atoms with Crippen molar-refractivity contribution in [1.82, 2.24) is 9.62 Å². The van der Waals surface area contributed by atoms with Gasteiger partial charge in [0.15, 0.2) is 0 Å². The van der Waals surface area contributed by atoms with Gasteiger partial charge in [-0.1, -0.05) is 12.1 Å². The first-order chi connectivity index (χ1) is 12.3. The van der Waals surface area contributed by atoms with E-state index in [1.165, 1.54) is 18.4 Å². The number of hydrogen-bond acceptors (Lipinski definition) is 5. The zero-order chi connectivity index (χ0) is 19.2. The molecular weight excluding hydrogens is 352 g/mol. The van der Waals surface area contributed by atoms with E-state index in [2.05, 4.69) is 5.32 Å². The van der Waals surface area contributed by atoms with E-state index in [9.17, 15) is 8.42 Å². The van der Waals surface area contributed by atoms with E-state index in [1.54, 1.807) is 19.2 Å². The van der Waals surface area contributed by atoms with E-state index < -0.39 is 10.0 Å². The molecule has 26 heavy (non-hydrogen) atoms. The van der Waals surface area contributed by atoms with Crippen LogP contribution in [0.5, 0.6) is 11.5 Å². The molecule has 0 aliphatic rings. The molecule has 0 heterocycles. The summed E-state index contributed by atoms with van der Waals surface area (Å²) >= 11 is 0. The molecule has 0 saturated carbocycles. The Labute approximate surface area is 155 Å². The predicted molar refractivity (Wildman–Crippen MR) is 102 cm³/mol. The van der Waals surface area contributed by atoms with Crippen LogP contribution in [-0.4, -0.2) is 47.1 Å². The third-order valence-corrected chi connectivity index (χ3v) is 5.87. The normalized spacial score (nSPS) is 12.8. The molecule has 0 fully saturated rings. The molecule has 6 nitrogen and oxygen atoms in total. The number of ether oxygens (including phenoxy) is 2. The maximum absolute atomic E-state index is 12.1. The predicted octanol–water partition coefficient (Wildman–Crippen LogP) is 2.68. The topological polar surface area (TPSA) is 67.9 Å². The second-order valence-electron chi connectivity index (χ2n) is 6.06. The third-order valence-electron chi connectivity index (χ3n) is 4.04. The van der Waals surface area contributed by atoms with Gasteiger partial charge in [-0.2, -0.15) is 0 Å². The molecule has 0 saturated heterocycles. The van der Waals surface area contributed by atoms with E-state index in [0.717, 1.165) is 17.1 Å². The lowest BCUT2D eigenvalue weighted by Crippen LogP contribution is -2.25. The molecule has 0 radical (unpaired) electrons. The van der Waals surface area contributed by atoms with E-state index in [4.69, 9.17) is 9.47 Å². The minimum atomic E-state index is -3.39. The Morgan fingerprint density at radius 3 is 2.12 bits per heavy atom. The number of nitrogens with zero attached hydrogens (tertiary/aromatic N) is 1. The van der Waals surface area contributed by atoms with Crippen LogP contribution in [0, 0.1) is 0 Å². The summed E-state index contributed by atoms with van der Waals surface area (Å²) in [5.74, 6) is 1.59. The van der Waals surface area contributed by atoms with Crippen molar-refractivity contribution in [2.24, 2.45) is 0 Å². The lowest BCUT2D eigenvalue weighted by atomic mass is 10.1. The summed E-state index contributed by atoms with van der Waals surface area (Å²) in [7, 11) is 1.28. The molecule has 0 spiro atoms. The molecule has 7 heteroatoms. The number of benzene rings is 2. The molecule has 1 atom stereocenters. The molecule has 1 N–H and O–H groups in total. The first-order valence-corrected chi connectivity index (χ1v) is 9.81. The quantitative estimate of drug-likeness (QED) is 0.680. The zero-order valence-electron chi connectivity index (χ0n) is 15.6. The van der Waals surface area contributed by atoms with E-state index in [-0.39, 0.29) is 6.04 Å². The molecule has 0 bridgehead atoms. The highest BCUT2D eigenvalue weighted by atomic mass is 32.2. The smallest absolute Gasteiger partial charge is 0.242 e. The lowest BCUT2D eigenvalue weighted by Gasteiger charge is -2.16. The summed E-state index contributed by atoms with van der Waals surface area (Å²) in [6.07, 6.45) is 0. The van der Waals surface area contributed by atoms with Crippen LogP contribution < -0.4 is 14.8 Å². The summed E-state index contributed by atoms with van der Waals surface area (Å²) < 4.78 is 36.2. The van der Waals surface area contributed by atoms with Gasteiger partial charge in [0.1, 0.15) is 18.1 Å². The zero-order valence-corrected chi connectivity index (χ0v) is 16.4. The van der Waals surface area contributed by atoms with Gasteiger partial charge in [-0.05, 0) is 48.9 Å². The van der Waals surface area contributed by atoms with Crippen molar-refractivity contribution >= 4 is 10.0 Å². The average molecular weight is 378 g/mol. The minimum Gasteiger partial charge on any atom is -0.497 e. The minimum absolute atomic E-state index is 0.0885. The standard InChI is InChI=1S/C19H26N2O4S/c1-15(16-5-11-19(12-6-16)26(22,23)21(2)3)20-13-14-25-18-9-7-17(24-4)8-10-18/h5-12,15,20H,13-14H2,1-4H3. The van der Waals surface area contributed by atoms with Gasteiger partial charge in [0.25, 0.3) is 0 Å². The Bertz CT molecular complexity index is 787. The summed E-state index contributed by atoms with van der Waals surface area (Å²) in [5.41, 5.74) is 1.02. The van der Waals surface area contributed by atoms with Crippen LogP contribution in [0.4, 0.5) is 0 Å². The maximum Gasteiger partial charge on any atom is 0.242 e. The van der Waals surface area contributed by atoms with Gasteiger partial charge >= 0.3 is 0 Å². The summed E-state index contributed by atoms with van der Waals surface area (Å²) in [5, 5.41) is 3.36. The summed E-state index contributed by atoms with van der Waals surface area (Å²) in [4.78, 5) is 0.293. The van der Waals surface area contributed by atoms with Gasteiger partial charge < -0.3 is 14.8 Å². The first-order valence-electron chi connectivity index (χ1n) is 8.37. The van der Waals surface area contributed by atoms with E-state index in [0.29, 0.717) is 18.0 Å². The molecule has 2 aromatic carbocycles. The van der Waals surface area contributed by atoms with Crippen molar-refractivity contribution in [1.29, 1.82) is 0 Å². The van der Waals surface area contributed by atoms with Crippen LogP contribution in [0.3, 0.4) is 0 Å². The fourth-order valence-electron chi connectivity index (χ4n) is 2.37. The molecule has 1 unspecified atom stereocenters. The molecular formula is C19H26N2O4S. The largest absolute Gasteiger partial charge is 0.497 e. The third kappa shape index (κ3) is 5.20. The number of methoxy groups -OCH3 is 1. The highest BCUT2D eigenvalue weighted by Gasteiger charge is 2.17. The van der Waals surface area contributed by atoms with Crippen LogP contribution in [0.15, 0.2) is 53.4 Å². The molecule has 0 aromatic heterocycles. The fourth-order valence-corrected chi connectivity index (χ4v) is 3.28. The van der Waals surface area contributed by atoms with Crippen LogP contribution in [0.2, 0.25) is 0 Å².